The van der Waals surface area contributed by atoms with E-state index >= 15 is 0 Å². The van der Waals surface area contributed by atoms with Gasteiger partial charge in [0.15, 0.2) is 6.10 Å². The second-order valence-corrected chi connectivity index (χ2v) is 8.19. The van der Waals surface area contributed by atoms with E-state index in [9.17, 15) is 4.79 Å². The van der Waals surface area contributed by atoms with Gasteiger partial charge in [-0.3, -0.25) is 4.79 Å². The maximum absolute atomic E-state index is 13.1. The molecular formula is C25H27NO3. The summed E-state index contributed by atoms with van der Waals surface area (Å²) in [5, 5.41) is 5.44. The summed E-state index contributed by atoms with van der Waals surface area (Å²) in [6, 6.07) is 21.8. The highest BCUT2D eigenvalue weighted by atomic mass is 16.5. The standard InChI is InChI=1S/C25H27NO3/c1-4-22(28-19-14-13-17-9-5-6-10-18(17)15-19)24(27)26-21-16-25(2,3)29-23-12-8-7-11-20(21)23/h5-15,21-22H,4,16H2,1-3H3,(H,26,27)/t21-,22+/m1/s1. The number of ether oxygens (including phenoxy) is 2. The van der Waals surface area contributed by atoms with Crippen LogP contribution in [0.2, 0.25) is 0 Å². The fraction of sp³-hybridized carbons (Fsp3) is 0.320. The van der Waals surface area contributed by atoms with Gasteiger partial charge in [-0.1, -0.05) is 55.5 Å². The topological polar surface area (TPSA) is 47.6 Å². The molecule has 0 fully saturated rings. The molecule has 0 aromatic heterocycles. The van der Waals surface area contributed by atoms with Crippen molar-refractivity contribution in [2.24, 2.45) is 0 Å². The van der Waals surface area contributed by atoms with E-state index in [2.05, 4.69) is 11.4 Å². The van der Waals surface area contributed by atoms with Crippen molar-refractivity contribution in [3.8, 4) is 11.5 Å². The number of para-hydroxylation sites is 1. The first-order valence-electron chi connectivity index (χ1n) is 10.2. The third-order valence-corrected chi connectivity index (χ3v) is 5.36. The Hall–Kier alpha value is -3.01. The van der Waals surface area contributed by atoms with Crippen molar-refractivity contribution in [3.63, 3.8) is 0 Å². The van der Waals surface area contributed by atoms with Crippen molar-refractivity contribution < 1.29 is 14.3 Å². The van der Waals surface area contributed by atoms with E-state index < -0.39 is 6.10 Å². The van der Waals surface area contributed by atoms with Crippen molar-refractivity contribution in [2.45, 2.75) is 51.4 Å². The van der Waals surface area contributed by atoms with Crippen LogP contribution >= 0.6 is 0 Å². The molecule has 29 heavy (non-hydrogen) atoms. The van der Waals surface area contributed by atoms with E-state index in [4.69, 9.17) is 9.47 Å². The van der Waals surface area contributed by atoms with Gasteiger partial charge >= 0.3 is 0 Å². The zero-order valence-corrected chi connectivity index (χ0v) is 17.1. The van der Waals surface area contributed by atoms with Gasteiger partial charge in [-0.15, -0.1) is 0 Å². The van der Waals surface area contributed by atoms with Gasteiger partial charge in [0.05, 0.1) is 6.04 Å². The Morgan fingerprint density at radius 2 is 1.83 bits per heavy atom. The van der Waals surface area contributed by atoms with Gasteiger partial charge < -0.3 is 14.8 Å². The number of nitrogens with one attached hydrogen (secondary N) is 1. The molecule has 2 atom stereocenters. The first-order valence-corrected chi connectivity index (χ1v) is 10.2. The molecule has 1 amide bonds. The van der Waals surface area contributed by atoms with E-state index in [1.165, 1.54) is 0 Å². The summed E-state index contributed by atoms with van der Waals surface area (Å²) in [7, 11) is 0. The third kappa shape index (κ3) is 4.21. The molecule has 3 aromatic carbocycles. The van der Waals surface area contributed by atoms with Crippen LogP contribution in [0, 0.1) is 0 Å². The lowest BCUT2D eigenvalue weighted by Crippen LogP contribution is -2.45. The largest absolute Gasteiger partial charge is 0.487 e. The molecular weight excluding hydrogens is 362 g/mol. The van der Waals surface area contributed by atoms with Crippen LogP contribution in [0.5, 0.6) is 11.5 Å². The van der Waals surface area contributed by atoms with Crippen LogP contribution in [-0.4, -0.2) is 17.6 Å². The molecule has 3 aromatic rings. The molecule has 0 radical (unpaired) electrons. The molecule has 0 saturated heterocycles. The number of carbonyl (C=O) groups excluding carboxylic acids is 1. The molecule has 1 heterocycles. The van der Waals surface area contributed by atoms with Crippen molar-refractivity contribution >= 4 is 16.7 Å². The molecule has 0 unspecified atom stereocenters. The van der Waals surface area contributed by atoms with E-state index in [1.807, 2.05) is 81.4 Å². The molecule has 150 valence electrons. The summed E-state index contributed by atoms with van der Waals surface area (Å²) >= 11 is 0. The fourth-order valence-electron chi connectivity index (χ4n) is 3.92. The van der Waals surface area contributed by atoms with Gasteiger partial charge in [-0.05, 0) is 49.2 Å². The minimum Gasteiger partial charge on any atom is -0.487 e. The Balaban J connectivity index is 1.51. The summed E-state index contributed by atoms with van der Waals surface area (Å²) < 4.78 is 12.1. The number of hydrogen-bond acceptors (Lipinski definition) is 3. The average molecular weight is 389 g/mol. The molecule has 4 rings (SSSR count). The van der Waals surface area contributed by atoms with Crippen molar-refractivity contribution in [1.29, 1.82) is 0 Å². The average Bonchev–Trinajstić information content (AvgIpc) is 2.71. The van der Waals surface area contributed by atoms with Crippen LogP contribution in [0.15, 0.2) is 66.7 Å². The number of rotatable bonds is 5. The number of carbonyl (C=O) groups is 1. The van der Waals surface area contributed by atoms with Crippen LogP contribution in [0.4, 0.5) is 0 Å². The first-order chi connectivity index (χ1) is 13.9. The molecule has 4 heteroatoms. The predicted octanol–water partition coefficient (Wildman–Crippen LogP) is 5.42. The van der Waals surface area contributed by atoms with Gasteiger partial charge in [-0.2, -0.15) is 0 Å². The third-order valence-electron chi connectivity index (χ3n) is 5.36. The minimum atomic E-state index is -0.547. The number of benzene rings is 3. The summed E-state index contributed by atoms with van der Waals surface area (Å²) in [6.07, 6.45) is 0.754. The molecule has 0 saturated carbocycles. The predicted molar refractivity (Wildman–Crippen MR) is 115 cm³/mol. The Bertz CT molecular complexity index is 1030. The molecule has 1 aliphatic rings. The van der Waals surface area contributed by atoms with E-state index in [0.717, 1.165) is 22.1 Å². The van der Waals surface area contributed by atoms with Gasteiger partial charge in [0.1, 0.15) is 17.1 Å². The Morgan fingerprint density at radius 3 is 2.62 bits per heavy atom. The monoisotopic (exact) mass is 389 g/mol. The number of amides is 1. The Labute approximate surface area is 171 Å². The zero-order chi connectivity index (χ0) is 20.4. The lowest BCUT2D eigenvalue weighted by Gasteiger charge is -2.38. The van der Waals surface area contributed by atoms with Crippen LogP contribution in [0.25, 0.3) is 10.8 Å². The summed E-state index contributed by atoms with van der Waals surface area (Å²) in [4.78, 5) is 13.1. The second-order valence-electron chi connectivity index (χ2n) is 8.19. The lowest BCUT2D eigenvalue weighted by molar-refractivity contribution is -0.129. The maximum atomic E-state index is 13.1. The number of fused-ring (bicyclic) bond motifs is 2. The normalized spacial score (nSPS) is 18.4. The van der Waals surface area contributed by atoms with Gasteiger partial charge in [0.2, 0.25) is 0 Å². The summed E-state index contributed by atoms with van der Waals surface area (Å²) in [6.45, 7) is 6.06. The van der Waals surface area contributed by atoms with E-state index in [1.54, 1.807) is 0 Å². The van der Waals surface area contributed by atoms with Gasteiger partial charge in [0, 0.05) is 12.0 Å². The van der Waals surface area contributed by atoms with Crippen molar-refractivity contribution in [1.82, 2.24) is 5.32 Å². The zero-order valence-electron chi connectivity index (χ0n) is 17.1. The second kappa shape index (κ2) is 7.78. The maximum Gasteiger partial charge on any atom is 0.261 e. The van der Waals surface area contributed by atoms with Crippen molar-refractivity contribution in [2.75, 3.05) is 0 Å². The highest BCUT2D eigenvalue weighted by molar-refractivity contribution is 5.84. The van der Waals surface area contributed by atoms with Gasteiger partial charge in [0.25, 0.3) is 5.91 Å². The quantitative estimate of drug-likeness (QED) is 0.634. The molecule has 1 N–H and O–H groups in total. The summed E-state index contributed by atoms with van der Waals surface area (Å²) in [5.41, 5.74) is 0.675. The highest BCUT2D eigenvalue weighted by Gasteiger charge is 2.35. The van der Waals surface area contributed by atoms with E-state index in [-0.39, 0.29) is 17.6 Å². The molecule has 0 aliphatic carbocycles. The Kier molecular flexibility index (Phi) is 5.18. The van der Waals surface area contributed by atoms with Crippen molar-refractivity contribution in [3.05, 3.63) is 72.3 Å². The van der Waals surface area contributed by atoms with Crippen LogP contribution in [-0.2, 0) is 4.79 Å². The molecule has 4 nitrogen and oxygen atoms in total. The molecule has 1 aliphatic heterocycles. The first kappa shape index (κ1) is 19.3. The minimum absolute atomic E-state index is 0.0989. The van der Waals surface area contributed by atoms with Gasteiger partial charge in [-0.25, -0.2) is 0 Å². The molecule has 0 bridgehead atoms. The summed E-state index contributed by atoms with van der Waals surface area (Å²) in [5.74, 6) is 1.44. The highest BCUT2D eigenvalue weighted by Crippen LogP contribution is 2.39. The Morgan fingerprint density at radius 1 is 1.10 bits per heavy atom. The number of hydrogen-bond donors (Lipinski definition) is 1. The lowest BCUT2D eigenvalue weighted by atomic mass is 9.89. The van der Waals surface area contributed by atoms with Crippen LogP contribution in [0.1, 0.15) is 45.2 Å². The van der Waals surface area contributed by atoms with E-state index in [0.29, 0.717) is 18.6 Å². The molecule has 0 spiro atoms. The van der Waals surface area contributed by atoms with Crippen LogP contribution in [0.3, 0.4) is 0 Å². The fourth-order valence-corrected chi connectivity index (χ4v) is 3.92. The SMILES string of the molecule is CC[C@H](Oc1ccc2ccccc2c1)C(=O)N[C@@H]1CC(C)(C)Oc2ccccc21. The van der Waals surface area contributed by atoms with Crippen LogP contribution < -0.4 is 14.8 Å². The smallest absolute Gasteiger partial charge is 0.261 e.